The van der Waals surface area contributed by atoms with Crippen molar-refractivity contribution in [2.24, 2.45) is 7.05 Å². The SMILES string of the molecule is COC(=O)c1cc(CN(C)C(=O)c2ccc(Sc3nncn3C)c([N+](=O)[O-])c2)oc1C. The Labute approximate surface area is 181 Å². The summed E-state index contributed by atoms with van der Waals surface area (Å²) in [5, 5.41) is 19.7. The van der Waals surface area contributed by atoms with Crippen molar-refractivity contribution in [3.05, 3.63) is 63.4 Å². The molecule has 1 aromatic carbocycles. The number of furan rings is 1. The van der Waals surface area contributed by atoms with Crippen LogP contribution in [0.15, 0.2) is 45.1 Å². The number of carbonyl (C=O) groups excluding carboxylic acids is 2. The molecule has 0 aliphatic rings. The first-order chi connectivity index (χ1) is 14.7. The quantitative estimate of drug-likeness (QED) is 0.306. The summed E-state index contributed by atoms with van der Waals surface area (Å²) in [6, 6.07) is 5.75. The van der Waals surface area contributed by atoms with Gasteiger partial charge in [0.15, 0.2) is 5.16 Å². The first kappa shape index (κ1) is 22.0. The number of aryl methyl sites for hydroxylation is 2. The summed E-state index contributed by atoms with van der Waals surface area (Å²) in [7, 11) is 4.53. The lowest BCUT2D eigenvalue weighted by molar-refractivity contribution is -0.387. The Morgan fingerprint density at radius 3 is 2.71 bits per heavy atom. The normalized spacial score (nSPS) is 10.7. The minimum Gasteiger partial charge on any atom is -0.465 e. The molecule has 11 nitrogen and oxygen atoms in total. The van der Waals surface area contributed by atoms with E-state index in [2.05, 4.69) is 14.9 Å². The molecule has 2 aromatic heterocycles. The summed E-state index contributed by atoms with van der Waals surface area (Å²) in [4.78, 5) is 37.2. The highest BCUT2D eigenvalue weighted by Crippen LogP contribution is 2.34. The number of methoxy groups -OCH3 is 1. The van der Waals surface area contributed by atoms with Crippen molar-refractivity contribution in [1.29, 1.82) is 0 Å². The van der Waals surface area contributed by atoms with E-state index in [1.165, 1.54) is 49.7 Å². The number of ether oxygens (including phenoxy) is 1. The van der Waals surface area contributed by atoms with Gasteiger partial charge in [-0.1, -0.05) is 0 Å². The zero-order chi connectivity index (χ0) is 22.7. The third-order valence-electron chi connectivity index (χ3n) is 4.39. The zero-order valence-electron chi connectivity index (χ0n) is 17.2. The molecule has 1 amide bonds. The van der Waals surface area contributed by atoms with Gasteiger partial charge in [0.05, 0.1) is 23.5 Å². The van der Waals surface area contributed by atoms with E-state index in [1.54, 1.807) is 18.5 Å². The molecule has 0 N–H and O–H groups in total. The maximum atomic E-state index is 12.8. The second-order valence-electron chi connectivity index (χ2n) is 6.60. The maximum Gasteiger partial charge on any atom is 0.341 e. The van der Waals surface area contributed by atoms with Crippen LogP contribution in [0.2, 0.25) is 0 Å². The zero-order valence-corrected chi connectivity index (χ0v) is 18.0. The van der Waals surface area contributed by atoms with Gasteiger partial charge in [0.1, 0.15) is 23.4 Å². The van der Waals surface area contributed by atoms with Gasteiger partial charge in [-0.2, -0.15) is 0 Å². The summed E-state index contributed by atoms with van der Waals surface area (Å²) >= 11 is 1.08. The standard InChI is InChI=1S/C19H19N5O6S/c1-11-14(18(26)29-4)8-13(30-11)9-22(2)17(25)12-5-6-16(15(7-12)24(27)28)31-19-21-20-10-23(19)3/h5-8,10H,9H2,1-4H3. The van der Waals surface area contributed by atoms with Crippen LogP contribution in [0.4, 0.5) is 5.69 Å². The van der Waals surface area contributed by atoms with E-state index in [-0.39, 0.29) is 23.4 Å². The number of nitro groups is 1. The van der Waals surface area contributed by atoms with E-state index < -0.39 is 16.8 Å². The van der Waals surface area contributed by atoms with E-state index >= 15 is 0 Å². The molecule has 0 radical (unpaired) electrons. The van der Waals surface area contributed by atoms with Crippen LogP contribution >= 0.6 is 11.8 Å². The number of esters is 1. The average Bonchev–Trinajstić information content (AvgIpc) is 3.31. The van der Waals surface area contributed by atoms with Crippen LogP contribution in [-0.2, 0) is 18.3 Å². The van der Waals surface area contributed by atoms with Crippen molar-refractivity contribution in [2.45, 2.75) is 23.5 Å². The maximum absolute atomic E-state index is 12.8. The third-order valence-corrected chi connectivity index (χ3v) is 5.50. The molecule has 31 heavy (non-hydrogen) atoms. The predicted molar refractivity (Wildman–Crippen MR) is 109 cm³/mol. The molecule has 2 heterocycles. The van der Waals surface area contributed by atoms with Gasteiger partial charge in [0.25, 0.3) is 11.6 Å². The summed E-state index contributed by atoms with van der Waals surface area (Å²) in [5.74, 6) is -0.207. The molecule has 3 rings (SSSR count). The number of nitro benzene ring substituents is 1. The molecule has 0 unspecified atom stereocenters. The van der Waals surface area contributed by atoms with E-state index in [0.717, 1.165) is 11.8 Å². The number of hydrogen-bond acceptors (Lipinski definition) is 9. The molecule has 3 aromatic rings. The highest BCUT2D eigenvalue weighted by atomic mass is 32.2. The lowest BCUT2D eigenvalue weighted by atomic mass is 10.1. The first-order valence-corrected chi connectivity index (χ1v) is 9.76. The molecule has 0 aliphatic carbocycles. The molecule has 0 fully saturated rings. The van der Waals surface area contributed by atoms with E-state index in [0.29, 0.717) is 21.6 Å². The second kappa shape index (κ2) is 9.00. The monoisotopic (exact) mass is 445 g/mol. The minimum absolute atomic E-state index is 0.0694. The summed E-state index contributed by atoms with van der Waals surface area (Å²) < 4.78 is 11.8. The van der Waals surface area contributed by atoms with Crippen LogP contribution in [0.5, 0.6) is 0 Å². The lowest BCUT2D eigenvalue weighted by Crippen LogP contribution is -2.26. The van der Waals surface area contributed by atoms with Gasteiger partial charge in [-0.25, -0.2) is 4.79 Å². The van der Waals surface area contributed by atoms with Crippen LogP contribution in [0.3, 0.4) is 0 Å². The van der Waals surface area contributed by atoms with Gasteiger partial charge in [0.2, 0.25) is 0 Å². The average molecular weight is 445 g/mol. The van der Waals surface area contributed by atoms with Gasteiger partial charge in [-0.05, 0) is 36.9 Å². The smallest absolute Gasteiger partial charge is 0.341 e. The molecule has 0 saturated heterocycles. The molecular weight excluding hydrogens is 426 g/mol. The van der Waals surface area contributed by atoms with Gasteiger partial charge < -0.3 is 18.6 Å². The third kappa shape index (κ3) is 4.74. The molecule has 0 aliphatic heterocycles. The van der Waals surface area contributed by atoms with E-state index in [1.807, 2.05) is 0 Å². The molecular formula is C19H19N5O6S. The van der Waals surface area contributed by atoms with Crippen LogP contribution in [0.25, 0.3) is 0 Å². The molecule has 12 heteroatoms. The Morgan fingerprint density at radius 2 is 2.10 bits per heavy atom. The number of carbonyl (C=O) groups is 2. The van der Waals surface area contributed by atoms with Crippen molar-refractivity contribution in [1.82, 2.24) is 19.7 Å². The Kier molecular flexibility index (Phi) is 6.39. The van der Waals surface area contributed by atoms with E-state index in [9.17, 15) is 19.7 Å². The van der Waals surface area contributed by atoms with Crippen molar-refractivity contribution in [3.8, 4) is 0 Å². The van der Waals surface area contributed by atoms with Crippen molar-refractivity contribution < 1.29 is 23.7 Å². The van der Waals surface area contributed by atoms with Crippen molar-refractivity contribution >= 4 is 29.3 Å². The van der Waals surface area contributed by atoms with Gasteiger partial charge >= 0.3 is 5.97 Å². The van der Waals surface area contributed by atoms with Crippen LogP contribution in [0, 0.1) is 17.0 Å². The van der Waals surface area contributed by atoms with Crippen LogP contribution < -0.4 is 0 Å². The van der Waals surface area contributed by atoms with E-state index in [4.69, 9.17) is 4.42 Å². The highest BCUT2D eigenvalue weighted by molar-refractivity contribution is 7.99. The largest absolute Gasteiger partial charge is 0.465 e. The van der Waals surface area contributed by atoms with Crippen molar-refractivity contribution in [2.75, 3.05) is 14.2 Å². The summed E-state index contributed by atoms with van der Waals surface area (Å²) in [5.41, 5.74) is 0.209. The Morgan fingerprint density at radius 1 is 1.35 bits per heavy atom. The number of nitrogens with zero attached hydrogens (tertiary/aromatic N) is 5. The second-order valence-corrected chi connectivity index (χ2v) is 7.61. The number of aromatic nitrogens is 3. The molecule has 162 valence electrons. The fourth-order valence-corrected chi connectivity index (χ4v) is 3.65. The fraction of sp³-hybridized carbons (Fsp3) is 0.263. The molecule has 0 saturated carbocycles. The molecule has 0 atom stereocenters. The van der Waals surface area contributed by atoms with Gasteiger partial charge in [-0.15, -0.1) is 10.2 Å². The Balaban J connectivity index is 1.81. The predicted octanol–water partition coefficient (Wildman–Crippen LogP) is 2.83. The van der Waals surface area contributed by atoms with Crippen LogP contribution in [-0.4, -0.2) is 50.6 Å². The number of amides is 1. The topological polar surface area (TPSA) is 134 Å². The summed E-state index contributed by atoms with van der Waals surface area (Å²) in [6.45, 7) is 1.69. The Hall–Kier alpha value is -3.67. The minimum atomic E-state index is -0.548. The van der Waals surface area contributed by atoms with Gasteiger partial charge in [0, 0.05) is 25.7 Å². The summed E-state index contributed by atoms with van der Waals surface area (Å²) in [6.07, 6.45) is 1.49. The number of rotatable bonds is 7. The molecule has 0 spiro atoms. The number of hydrogen-bond donors (Lipinski definition) is 0. The van der Waals surface area contributed by atoms with Gasteiger partial charge in [-0.3, -0.25) is 14.9 Å². The van der Waals surface area contributed by atoms with Crippen molar-refractivity contribution in [3.63, 3.8) is 0 Å². The Bertz CT molecular complexity index is 1150. The molecule has 0 bridgehead atoms. The lowest BCUT2D eigenvalue weighted by Gasteiger charge is -2.16. The van der Waals surface area contributed by atoms with Crippen LogP contribution in [0.1, 0.15) is 32.2 Å². The first-order valence-electron chi connectivity index (χ1n) is 8.94. The number of benzene rings is 1. The fourth-order valence-electron chi connectivity index (χ4n) is 2.80. The highest BCUT2D eigenvalue weighted by Gasteiger charge is 2.23.